The van der Waals surface area contributed by atoms with Crippen LogP contribution >= 0.6 is 8.25 Å². The zero-order chi connectivity index (χ0) is 27.6. The largest absolute Gasteiger partial charge is 0.418 e. The topological polar surface area (TPSA) is 42.0 Å². The van der Waals surface area contributed by atoms with Gasteiger partial charge in [0.25, 0.3) is 0 Å². The fourth-order valence-electron chi connectivity index (χ4n) is 4.89. The van der Waals surface area contributed by atoms with E-state index in [4.69, 9.17) is 9.05 Å². The fraction of sp³-hybridized carbons (Fsp3) is 0.273. The van der Waals surface area contributed by atoms with Crippen LogP contribution in [0.25, 0.3) is 5.57 Å². The van der Waals surface area contributed by atoms with Crippen LogP contribution in [0.1, 0.15) is 45.2 Å². The Hall–Kier alpha value is -3.69. The third-order valence-corrected chi connectivity index (χ3v) is 7.81. The van der Waals surface area contributed by atoms with Crippen molar-refractivity contribution in [3.8, 4) is 5.75 Å². The molecule has 39 heavy (non-hydrogen) atoms. The SMILES string of the molecule is CCN(CC)c1ccc(C(=C2C=CC(O[PH](=O)Oc3ccccc3)=CC2)c2ccc(N(CC)CC)cc2)cc1. The van der Waals surface area contributed by atoms with Crippen molar-refractivity contribution in [2.75, 3.05) is 36.0 Å². The molecule has 0 N–H and O–H groups in total. The van der Waals surface area contributed by atoms with Crippen LogP contribution in [0.2, 0.25) is 0 Å². The van der Waals surface area contributed by atoms with Gasteiger partial charge in [-0.05, 0) is 105 Å². The first kappa shape index (κ1) is 28.3. The Balaban J connectivity index is 1.61. The molecular weight excluding hydrogens is 503 g/mol. The van der Waals surface area contributed by atoms with E-state index < -0.39 is 8.25 Å². The molecule has 0 fully saturated rings. The summed E-state index contributed by atoms with van der Waals surface area (Å²) in [6, 6.07) is 26.8. The van der Waals surface area contributed by atoms with Gasteiger partial charge < -0.3 is 18.8 Å². The van der Waals surface area contributed by atoms with Crippen molar-refractivity contribution in [2.45, 2.75) is 34.1 Å². The van der Waals surface area contributed by atoms with Gasteiger partial charge in [0, 0.05) is 37.6 Å². The number of anilines is 2. The summed E-state index contributed by atoms with van der Waals surface area (Å²) >= 11 is 0. The van der Waals surface area contributed by atoms with Gasteiger partial charge in [0.05, 0.1) is 0 Å². The van der Waals surface area contributed by atoms with Crippen LogP contribution in [-0.4, -0.2) is 26.2 Å². The molecule has 1 unspecified atom stereocenters. The van der Waals surface area contributed by atoms with Crippen molar-refractivity contribution in [1.29, 1.82) is 0 Å². The molecule has 0 aliphatic heterocycles. The molecule has 4 rings (SSSR count). The molecule has 0 heterocycles. The van der Waals surface area contributed by atoms with Crippen LogP contribution in [0.3, 0.4) is 0 Å². The molecule has 1 aliphatic rings. The van der Waals surface area contributed by atoms with Gasteiger partial charge in [-0.15, -0.1) is 0 Å². The smallest absolute Gasteiger partial charge is 0.418 e. The third kappa shape index (κ3) is 7.25. The van der Waals surface area contributed by atoms with E-state index in [2.05, 4.69) is 92.1 Å². The van der Waals surface area contributed by atoms with Crippen molar-refractivity contribution < 1.29 is 13.6 Å². The normalized spacial score (nSPS) is 13.4. The van der Waals surface area contributed by atoms with Gasteiger partial charge >= 0.3 is 8.25 Å². The van der Waals surface area contributed by atoms with E-state index in [1.165, 1.54) is 33.6 Å². The van der Waals surface area contributed by atoms with E-state index >= 15 is 0 Å². The van der Waals surface area contributed by atoms with Crippen LogP contribution in [0.15, 0.2) is 108 Å². The van der Waals surface area contributed by atoms with E-state index in [9.17, 15) is 4.57 Å². The minimum atomic E-state index is -2.71. The Morgan fingerprint density at radius 2 is 1.21 bits per heavy atom. The van der Waals surface area contributed by atoms with E-state index in [0.29, 0.717) is 17.9 Å². The maximum absolute atomic E-state index is 12.5. The standard InChI is InChI=1S/C33H39N2O3P/c1-5-34(6-2)29-20-14-26(15-21-29)33(27-16-22-30(23-17-27)35(7-3)8-4)28-18-24-32(25-19-28)38-39(36)37-31-12-10-9-11-13-31/h9-18,20-25,39H,5-8,19H2,1-4H3. The van der Waals surface area contributed by atoms with Crippen LogP contribution in [0.4, 0.5) is 11.4 Å². The van der Waals surface area contributed by atoms with E-state index in [1.807, 2.05) is 30.4 Å². The van der Waals surface area contributed by atoms with Crippen LogP contribution in [0, 0.1) is 0 Å². The van der Waals surface area contributed by atoms with E-state index in [0.717, 1.165) is 26.2 Å². The first-order chi connectivity index (χ1) is 19.1. The average Bonchev–Trinajstić information content (AvgIpc) is 2.97. The summed E-state index contributed by atoms with van der Waals surface area (Å²) < 4.78 is 23.5. The Morgan fingerprint density at radius 3 is 1.64 bits per heavy atom. The number of para-hydroxylation sites is 1. The zero-order valence-corrected chi connectivity index (χ0v) is 24.4. The molecule has 1 aliphatic carbocycles. The highest BCUT2D eigenvalue weighted by molar-refractivity contribution is 7.34. The van der Waals surface area contributed by atoms with Crippen LogP contribution in [0.5, 0.6) is 5.75 Å². The van der Waals surface area contributed by atoms with Gasteiger partial charge in [-0.2, -0.15) is 0 Å². The maximum Gasteiger partial charge on any atom is 0.418 e. The molecule has 0 aromatic heterocycles. The second kappa shape index (κ2) is 13.9. The average molecular weight is 543 g/mol. The molecule has 0 bridgehead atoms. The predicted octanol–water partition coefficient (Wildman–Crippen LogP) is 8.51. The lowest BCUT2D eigenvalue weighted by molar-refractivity contribution is 0.365. The van der Waals surface area contributed by atoms with Crippen LogP contribution < -0.4 is 14.3 Å². The molecule has 3 aromatic carbocycles. The molecule has 5 nitrogen and oxygen atoms in total. The molecule has 1 atom stereocenters. The van der Waals surface area contributed by atoms with Crippen molar-refractivity contribution in [3.05, 3.63) is 120 Å². The number of hydrogen-bond acceptors (Lipinski definition) is 5. The van der Waals surface area contributed by atoms with Crippen molar-refractivity contribution in [1.82, 2.24) is 0 Å². The lowest BCUT2D eigenvalue weighted by Crippen LogP contribution is -2.21. The maximum atomic E-state index is 12.5. The highest BCUT2D eigenvalue weighted by Crippen LogP contribution is 2.36. The molecule has 0 amide bonds. The van der Waals surface area contributed by atoms with Crippen molar-refractivity contribution >= 4 is 25.2 Å². The Kier molecular flexibility index (Phi) is 10.1. The number of hydrogen-bond donors (Lipinski definition) is 0. The first-order valence-corrected chi connectivity index (χ1v) is 15.1. The van der Waals surface area contributed by atoms with Gasteiger partial charge in [0.15, 0.2) is 0 Å². The molecule has 0 radical (unpaired) electrons. The zero-order valence-electron chi connectivity index (χ0n) is 23.4. The second-order valence-corrected chi connectivity index (χ2v) is 10.2. The van der Waals surface area contributed by atoms with Gasteiger partial charge in [-0.25, -0.2) is 4.57 Å². The summed E-state index contributed by atoms with van der Waals surface area (Å²) in [5.41, 5.74) is 7.15. The summed E-state index contributed by atoms with van der Waals surface area (Å²) in [7, 11) is -2.71. The van der Waals surface area contributed by atoms with Gasteiger partial charge in [-0.3, -0.25) is 0 Å². The third-order valence-electron chi connectivity index (χ3n) is 7.01. The lowest BCUT2D eigenvalue weighted by Gasteiger charge is -2.23. The summed E-state index contributed by atoms with van der Waals surface area (Å²) in [5.74, 6) is 1.10. The minimum Gasteiger partial charge on any atom is -0.418 e. The summed E-state index contributed by atoms with van der Waals surface area (Å²) in [5, 5.41) is 0. The van der Waals surface area contributed by atoms with Crippen LogP contribution in [-0.2, 0) is 9.09 Å². The van der Waals surface area contributed by atoms with Gasteiger partial charge in [-0.1, -0.05) is 48.5 Å². The molecule has 0 saturated carbocycles. The van der Waals surface area contributed by atoms with Crippen molar-refractivity contribution in [3.63, 3.8) is 0 Å². The molecule has 204 valence electrons. The monoisotopic (exact) mass is 542 g/mol. The highest BCUT2D eigenvalue weighted by atomic mass is 31.1. The van der Waals surface area contributed by atoms with Gasteiger partial charge in [0.1, 0.15) is 11.5 Å². The first-order valence-electron chi connectivity index (χ1n) is 13.8. The Bertz CT molecular complexity index is 1260. The number of benzene rings is 3. The lowest BCUT2D eigenvalue weighted by atomic mass is 9.89. The number of rotatable bonds is 12. The predicted molar refractivity (Wildman–Crippen MR) is 165 cm³/mol. The van der Waals surface area contributed by atoms with Gasteiger partial charge in [0.2, 0.25) is 0 Å². The van der Waals surface area contributed by atoms with E-state index in [-0.39, 0.29) is 0 Å². The van der Waals surface area contributed by atoms with Crippen molar-refractivity contribution in [2.24, 2.45) is 0 Å². The Morgan fingerprint density at radius 1 is 0.692 bits per heavy atom. The summed E-state index contributed by atoms with van der Waals surface area (Å²) in [6.45, 7) is 12.6. The number of allylic oxidation sites excluding steroid dienone is 4. The molecule has 6 heteroatoms. The van der Waals surface area contributed by atoms with E-state index in [1.54, 1.807) is 12.1 Å². The molecule has 0 spiro atoms. The quantitative estimate of drug-likeness (QED) is 0.215. The molecule has 0 saturated heterocycles. The molecular formula is C33H39N2O3P. The molecule has 3 aromatic rings. The summed E-state index contributed by atoms with van der Waals surface area (Å²) in [4.78, 5) is 4.70. The second-order valence-electron chi connectivity index (χ2n) is 9.25. The Labute approximate surface area is 234 Å². The fourth-order valence-corrected chi connectivity index (χ4v) is 5.60. The highest BCUT2D eigenvalue weighted by Gasteiger charge is 2.15. The summed E-state index contributed by atoms with van der Waals surface area (Å²) in [6.07, 6.45) is 6.58. The minimum absolute atomic E-state index is 0.533. The number of nitrogens with zero attached hydrogens (tertiary/aromatic N) is 2.